The summed E-state index contributed by atoms with van der Waals surface area (Å²) in [7, 11) is 3.49. The molecule has 0 saturated carbocycles. The number of esters is 2. The summed E-state index contributed by atoms with van der Waals surface area (Å²) in [5.41, 5.74) is 0.281. The van der Waals surface area contributed by atoms with E-state index in [0.29, 0.717) is 11.3 Å². The Labute approximate surface area is 153 Å². The third-order valence-electron chi connectivity index (χ3n) is 2.95. The lowest BCUT2D eigenvalue weighted by molar-refractivity contribution is -0.222. The van der Waals surface area contributed by atoms with Crippen LogP contribution in [0.25, 0.3) is 6.08 Å². The zero-order chi connectivity index (χ0) is 18.1. The second kappa shape index (κ2) is 6.90. The van der Waals surface area contributed by atoms with E-state index in [1.807, 2.05) is 0 Å². The quantitative estimate of drug-likeness (QED) is 0.319. The van der Waals surface area contributed by atoms with Crippen LogP contribution in [0.2, 0.25) is 0 Å². The summed E-state index contributed by atoms with van der Waals surface area (Å²) in [5, 5.41) is 0.239. The van der Waals surface area contributed by atoms with E-state index in [0.717, 1.165) is 4.47 Å². The van der Waals surface area contributed by atoms with Crippen LogP contribution in [0, 0.1) is 0 Å². The van der Waals surface area contributed by atoms with Gasteiger partial charge in [0, 0.05) is 38.0 Å². The van der Waals surface area contributed by atoms with Crippen LogP contribution < -0.4 is 4.74 Å². The number of benzene rings is 1. The first-order valence-corrected chi connectivity index (χ1v) is 8.16. The molecule has 0 aliphatic carbocycles. The van der Waals surface area contributed by atoms with Crippen molar-refractivity contribution in [2.45, 2.75) is 19.6 Å². The second-order valence-electron chi connectivity index (χ2n) is 5.68. The first-order chi connectivity index (χ1) is 11.1. The molecule has 1 saturated heterocycles. The molecule has 0 bridgehead atoms. The van der Waals surface area contributed by atoms with Crippen LogP contribution in [0.15, 0.2) is 28.2 Å². The maximum Gasteiger partial charge on any atom is 0.348 e. The number of carbonyl (C=O) groups excluding carboxylic acids is 2. The molecule has 2 rings (SSSR count). The molecule has 1 aromatic carbocycles. The summed E-state index contributed by atoms with van der Waals surface area (Å²) < 4.78 is 16.5. The van der Waals surface area contributed by atoms with Crippen LogP contribution in [0.4, 0.5) is 0 Å². The molecule has 0 atom stereocenters. The van der Waals surface area contributed by atoms with Gasteiger partial charge in [-0.05, 0) is 30.4 Å². The van der Waals surface area contributed by atoms with Crippen molar-refractivity contribution >= 4 is 51.3 Å². The number of hydrogen-bond acceptors (Lipinski definition) is 6. The number of halogens is 1. The molecule has 1 aliphatic heterocycles. The smallest absolute Gasteiger partial charge is 0.348 e. The molecular weight excluding hydrogens is 398 g/mol. The summed E-state index contributed by atoms with van der Waals surface area (Å²) in [4.78, 5) is 25.7. The van der Waals surface area contributed by atoms with Gasteiger partial charge >= 0.3 is 11.9 Å². The van der Waals surface area contributed by atoms with Gasteiger partial charge in [-0.3, -0.25) is 0 Å². The van der Waals surface area contributed by atoms with Gasteiger partial charge in [0.15, 0.2) is 0 Å². The fraction of sp³-hybridized carbons (Fsp3) is 0.312. The highest BCUT2D eigenvalue weighted by Crippen LogP contribution is 2.29. The molecule has 0 spiro atoms. The van der Waals surface area contributed by atoms with Gasteiger partial charge in [0.1, 0.15) is 11.3 Å². The van der Waals surface area contributed by atoms with E-state index in [1.54, 1.807) is 37.2 Å². The number of nitrogens with zero attached hydrogens (tertiary/aromatic N) is 1. The number of carbonyl (C=O) groups is 2. The van der Waals surface area contributed by atoms with Crippen LogP contribution in [0.5, 0.6) is 5.75 Å². The van der Waals surface area contributed by atoms with Gasteiger partial charge in [0.2, 0.25) is 0 Å². The van der Waals surface area contributed by atoms with E-state index in [-0.39, 0.29) is 10.7 Å². The van der Waals surface area contributed by atoms with Crippen molar-refractivity contribution in [2.75, 3.05) is 14.1 Å². The average molecular weight is 414 g/mol. The Balaban J connectivity index is 2.40. The minimum absolute atomic E-state index is 0.211. The van der Waals surface area contributed by atoms with Gasteiger partial charge in [0.05, 0.1) is 0 Å². The molecule has 0 amide bonds. The van der Waals surface area contributed by atoms with E-state index in [9.17, 15) is 9.59 Å². The van der Waals surface area contributed by atoms with Crippen LogP contribution in [-0.2, 0) is 19.1 Å². The van der Waals surface area contributed by atoms with E-state index < -0.39 is 17.7 Å². The zero-order valence-corrected chi connectivity index (χ0v) is 16.0. The van der Waals surface area contributed by atoms with Crippen LogP contribution in [0.3, 0.4) is 0 Å². The summed E-state index contributed by atoms with van der Waals surface area (Å²) in [6.45, 7) is 2.98. The lowest BCUT2D eigenvalue weighted by Crippen LogP contribution is -2.41. The molecule has 1 fully saturated rings. The topological polar surface area (TPSA) is 65.1 Å². The fourth-order valence-corrected chi connectivity index (χ4v) is 2.27. The Morgan fingerprint density at radius 2 is 1.83 bits per heavy atom. The highest BCUT2D eigenvalue weighted by Gasteiger charge is 2.39. The molecule has 0 N–H and O–H groups in total. The molecule has 0 unspecified atom stereocenters. The standard InChI is InChI=1S/C16H16BrNO5S/c1-16(2)22-13(19)11(14(20)23-16)7-9-5-6-10(17)8-12(9)21-15(24)18(3)4/h5-8H,1-4H3. The maximum atomic E-state index is 12.1. The third kappa shape index (κ3) is 4.33. The highest BCUT2D eigenvalue weighted by atomic mass is 79.9. The van der Waals surface area contributed by atoms with Gasteiger partial charge < -0.3 is 19.1 Å². The number of hydrogen-bond donors (Lipinski definition) is 0. The van der Waals surface area contributed by atoms with Crippen molar-refractivity contribution in [1.82, 2.24) is 4.90 Å². The molecule has 0 radical (unpaired) electrons. The summed E-state index contributed by atoms with van der Waals surface area (Å²) in [5.74, 6) is -2.39. The van der Waals surface area contributed by atoms with Crippen molar-refractivity contribution in [3.05, 3.63) is 33.8 Å². The Bertz CT molecular complexity index is 720. The van der Waals surface area contributed by atoms with E-state index in [4.69, 9.17) is 26.4 Å². The number of ether oxygens (including phenoxy) is 3. The Morgan fingerprint density at radius 3 is 2.38 bits per heavy atom. The first kappa shape index (κ1) is 18.4. The van der Waals surface area contributed by atoms with Crippen molar-refractivity contribution in [2.24, 2.45) is 0 Å². The van der Waals surface area contributed by atoms with Crippen molar-refractivity contribution in [3.8, 4) is 5.75 Å². The molecule has 1 heterocycles. The minimum Gasteiger partial charge on any atom is -0.431 e. The van der Waals surface area contributed by atoms with Gasteiger partial charge in [0.25, 0.3) is 11.0 Å². The van der Waals surface area contributed by atoms with Crippen LogP contribution in [-0.4, -0.2) is 41.9 Å². The summed E-state index contributed by atoms with van der Waals surface area (Å²) in [6.07, 6.45) is 1.36. The summed E-state index contributed by atoms with van der Waals surface area (Å²) in [6, 6.07) is 5.12. The molecule has 24 heavy (non-hydrogen) atoms. The molecular formula is C16H16BrNO5S. The van der Waals surface area contributed by atoms with Crippen LogP contribution >= 0.6 is 28.1 Å². The predicted octanol–water partition coefficient (Wildman–Crippen LogP) is 2.89. The largest absolute Gasteiger partial charge is 0.431 e. The fourth-order valence-electron chi connectivity index (χ4n) is 1.84. The monoisotopic (exact) mass is 413 g/mol. The molecule has 6 nitrogen and oxygen atoms in total. The zero-order valence-electron chi connectivity index (χ0n) is 13.6. The van der Waals surface area contributed by atoms with E-state index in [1.165, 1.54) is 19.9 Å². The number of thiocarbonyl (C=S) groups is 1. The molecule has 128 valence electrons. The van der Waals surface area contributed by atoms with Crippen molar-refractivity contribution in [1.29, 1.82) is 0 Å². The van der Waals surface area contributed by atoms with Crippen molar-refractivity contribution in [3.63, 3.8) is 0 Å². The SMILES string of the molecule is CN(C)C(=S)Oc1cc(Br)ccc1C=C1C(=O)OC(C)(C)OC1=O. The normalized spacial score (nSPS) is 16.1. The third-order valence-corrected chi connectivity index (χ3v) is 3.90. The van der Waals surface area contributed by atoms with Gasteiger partial charge in [-0.15, -0.1) is 0 Å². The molecule has 0 aromatic heterocycles. The Hall–Kier alpha value is -1.93. The number of rotatable bonds is 2. The van der Waals surface area contributed by atoms with Gasteiger partial charge in [-0.25, -0.2) is 9.59 Å². The van der Waals surface area contributed by atoms with E-state index in [2.05, 4.69) is 15.9 Å². The van der Waals surface area contributed by atoms with Crippen LogP contribution in [0.1, 0.15) is 19.4 Å². The molecule has 8 heteroatoms. The lowest BCUT2D eigenvalue weighted by atomic mass is 10.1. The lowest BCUT2D eigenvalue weighted by Gasteiger charge is -2.29. The Kier molecular flexibility index (Phi) is 5.29. The van der Waals surface area contributed by atoms with E-state index >= 15 is 0 Å². The minimum atomic E-state index is -1.28. The average Bonchev–Trinajstić information content (AvgIpc) is 2.43. The van der Waals surface area contributed by atoms with Gasteiger partial charge in [-0.2, -0.15) is 0 Å². The highest BCUT2D eigenvalue weighted by molar-refractivity contribution is 9.10. The predicted molar refractivity (Wildman–Crippen MR) is 95.3 cm³/mol. The summed E-state index contributed by atoms with van der Waals surface area (Å²) >= 11 is 8.47. The second-order valence-corrected chi connectivity index (χ2v) is 6.95. The first-order valence-electron chi connectivity index (χ1n) is 6.96. The molecule has 1 aromatic rings. The number of cyclic esters (lactones) is 2. The molecule has 1 aliphatic rings. The van der Waals surface area contributed by atoms with Gasteiger partial charge in [-0.1, -0.05) is 22.0 Å². The maximum absolute atomic E-state index is 12.1. The Morgan fingerprint density at radius 1 is 1.25 bits per heavy atom. The van der Waals surface area contributed by atoms with Crippen molar-refractivity contribution < 1.29 is 23.8 Å².